The summed E-state index contributed by atoms with van der Waals surface area (Å²) in [6.07, 6.45) is 3.71. The molecular weight excluding hydrogens is 343 g/mol. The molecule has 0 saturated carbocycles. The third kappa shape index (κ3) is 3.34. The SMILES string of the molecule is C=CCn1c(=NC(=O)c2ccc(SC)cc2)sc2cc(F)ccc21. The van der Waals surface area contributed by atoms with Crippen LogP contribution in [0.3, 0.4) is 0 Å². The molecule has 0 saturated heterocycles. The number of aromatic nitrogens is 1. The zero-order chi connectivity index (χ0) is 17.1. The van der Waals surface area contributed by atoms with Gasteiger partial charge in [-0.05, 0) is 48.7 Å². The summed E-state index contributed by atoms with van der Waals surface area (Å²) in [6.45, 7) is 4.24. The Morgan fingerprint density at radius 1 is 1.33 bits per heavy atom. The van der Waals surface area contributed by atoms with Gasteiger partial charge in [-0.1, -0.05) is 17.4 Å². The normalized spacial score (nSPS) is 11.8. The summed E-state index contributed by atoms with van der Waals surface area (Å²) in [4.78, 5) is 18.3. The highest BCUT2D eigenvalue weighted by atomic mass is 32.2. The topological polar surface area (TPSA) is 34.4 Å². The molecule has 0 fully saturated rings. The molecule has 1 heterocycles. The van der Waals surface area contributed by atoms with Gasteiger partial charge in [0.25, 0.3) is 5.91 Å². The molecule has 1 aromatic heterocycles. The Morgan fingerprint density at radius 3 is 2.75 bits per heavy atom. The smallest absolute Gasteiger partial charge is 0.279 e. The molecule has 0 bridgehead atoms. The van der Waals surface area contributed by atoms with E-state index in [0.29, 0.717) is 16.9 Å². The van der Waals surface area contributed by atoms with Gasteiger partial charge in [-0.2, -0.15) is 4.99 Å². The van der Waals surface area contributed by atoms with Crippen LogP contribution in [-0.2, 0) is 6.54 Å². The van der Waals surface area contributed by atoms with Gasteiger partial charge in [0.15, 0.2) is 4.80 Å². The van der Waals surface area contributed by atoms with Crippen LogP contribution in [0.25, 0.3) is 10.2 Å². The van der Waals surface area contributed by atoms with E-state index >= 15 is 0 Å². The van der Waals surface area contributed by atoms with Gasteiger partial charge >= 0.3 is 0 Å². The molecule has 0 unspecified atom stereocenters. The lowest BCUT2D eigenvalue weighted by atomic mass is 10.2. The van der Waals surface area contributed by atoms with Gasteiger partial charge in [-0.25, -0.2) is 4.39 Å². The first-order valence-electron chi connectivity index (χ1n) is 7.25. The van der Waals surface area contributed by atoms with Crippen molar-refractivity contribution >= 4 is 39.2 Å². The van der Waals surface area contributed by atoms with Crippen molar-refractivity contribution in [1.29, 1.82) is 0 Å². The van der Waals surface area contributed by atoms with Crippen LogP contribution >= 0.6 is 23.1 Å². The largest absolute Gasteiger partial charge is 0.312 e. The number of thioether (sulfide) groups is 1. The van der Waals surface area contributed by atoms with Gasteiger partial charge < -0.3 is 4.57 Å². The molecule has 0 atom stereocenters. The maximum Gasteiger partial charge on any atom is 0.279 e. The number of hydrogen-bond acceptors (Lipinski definition) is 3. The van der Waals surface area contributed by atoms with E-state index in [1.807, 2.05) is 23.0 Å². The Morgan fingerprint density at radius 2 is 2.08 bits per heavy atom. The minimum atomic E-state index is -0.313. The molecule has 6 heteroatoms. The Kier molecular flexibility index (Phi) is 4.97. The van der Waals surface area contributed by atoms with Gasteiger partial charge in [0.1, 0.15) is 5.82 Å². The third-order valence-electron chi connectivity index (χ3n) is 3.49. The number of fused-ring (bicyclic) bond motifs is 1. The number of carbonyl (C=O) groups excluding carboxylic acids is 1. The highest BCUT2D eigenvalue weighted by Crippen LogP contribution is 2.19. The van der Waals surface area contributed by atoms with Crippen LogP contribution in [0.5, 0.6) is 0 Å². The lowest BCUT2D eigenvalue weighted by Crippen LogP contribution is -2.16. The van der Waals surface area contributed by atoms with Crippen molar-refractivity contribution in [2.45, 2.75) is 11.4 Å². The number of rotatable bonds is 4. The maximum absolute atomic E-state index is 13.4. The van der Waals surface area contributed by atoms with E-state index < -0.39 is 0 Å². The fourth-order valence-electron chi connectivity index (χ4n) is 2.32. The van der Waals surface area contributed by atoms with E-state index in [1.165, 1.54) is 23.5 Å². The molecule has 24 heavy (non-hydrogen) atoms. The molecule has 0 aliphatic rings. The first-order valence-corrected chi connectivity index (χ1v) is 9.29. The molecule has 1 amide bonds. The maximum atomic E-state index is 13.4. The van der Waals surface area contributed by atoms with Crippen LogP contribution < -0.4 is 4.80 Å². The number of thiazole rings is 1. The first kappa shape index (κ1) is 16.7. The summed E-state index contributed by atoms with van der Waals surface area (Å²) in [6, 6.07) is 11.9. The Bertz CT molecular complexity index is 971. The second-order valence-electron chi connectivity index (χ2n) is 5.04. The van der Waals surface area contributed by atoms with Gasteiger partial charge in [0, 0.05) is 17.0 Å². The number of amides is 1. The number of carbonyl (C=O) groups is 1. The second kappa shape index (κ2) is 7.15. The van der Waals surface area contributed by atoms with Crippen LogP contribution in [0.1, 0.15) is 10.4 Å². The average molecular weight is 358 g/mol. The Labute approximate surface area is 147 Å². The minimum absolute atomic E-state index is 0.306. The standard InChI is InChI=1S/C18H15FN2OS2/c1-3-10-21-15-9-6-13(19)11-16(15)24-18(21)20-17(22)12-4-7-14(23-2)8-5-12/h3-9,11H,1,10H2,2H3. The third-order valence-corrected chi connectivity index (χ3v) is 5.28. The van der Waals surface area contributed by atoms with E-state index in [2.05, 4.69) is 11.6 Å². The Hall–Kier alpha value is -2.18. The zero-order valence-corrected chi connectivity index (χ0v) is 14.7. The molecular formula is C18H15FN2OS2. The van der Waals surface area contributed by atoms with E-state index in [-0.39, 0.29) is 11.7 Å². The Balaban J connectivity index is 2.08. The van der Waals surface area contributed by atoms with Crippen molar-refractivity contribution in [3.8, 4) is 0 Å². The van der Waals surface area contributed by atoms with Crippen molar-refractivity contribution in [2.75, 3.05) is 6.26 Å². The monoisotopic (exact) mass is 358 g/mol. The van der Waals surface area contributed by atoms with Crippen LogP contribution in [0.2, 0.25) is 0 Å². The molecule has 2 aromatic carbocycles. The molecule has 3 rings (SSSR count). The number of benzene rings is 2. The summed E-state index contributed by atoms with van der Waals surface area (Å²) in [5, 5.41) is 0. The number of nitrogens with zero attached hydrogens (tertiary/aromatic N) is 2. The summed E-state index contributed by atoms with van der Waals surface area (Å²) >= 11 is 2.91. The molecule has 0 spiro atoms. The highest BCUT2D eigenvalue weighted by molar-refractivity contribution is 7.98. The van der Waals surface area contributed by atoms with Crippen LogP contribution in [0.4, 0.5) is 4.39 Å². The number of allylic oxidation sites excluding steroid dienone is 1. The molecule has 0 N–H and O–H groups in total. The summed E-state index contributed by atoms with van der Waals surface area (Å²) in [5.41, 5.74) is 1.37. The molecule has 122 valence electrons. The molecule has 3 nitrogen and oxygen atoms in total. The van der Waals surface area contributed by atoms with Crippen LogP contribution in [0.15, 0.2) is 65.0 Å². The average Bonchev–Trinajstić information content (AvgIpc) is 2.91. The first-order chi connectivity index (χ1) is 11.6. The lowest BCUT2D eigenvalue weighted by Gasteiger charge is -2.01. The van der Waals surface area contributed by atoms with Crippen molar-refractivity contribution in [1.82, 2.24) is 4.57 Å². The molecule has 3 aromatic rings. The van der Waals surface area contributed by atoms with Gasteiger partial charge in [0.05, 0.1) is 10.2 Å². The van der Waals surface area contributed by atoms with E-state index in [9.17, 15) is 9.18 Å². The van der Waals surface area contributed by atoms with Gasteiger partial charge in [-0.15, -0.1) is 18.3 Å². The fourth-order valence-corrected chi connectivity index (χ4v) is 3.79. The molecule has 0 radical (unpaired) electrons. The van der Waals surface area contributed by atoms with Crippen molar-refractivity contribution in [3.63, 3.8) is 0 Å². The number of halogens is 1. The van der Waals surface area contributed by atoms with Gasteiger partial charge in [0.2, 0.25) is 0 Å². The quantitative estimate of drug-likeness (QED) is 0.509. The van der Waals surface area contributed by atoms with Crippen molar-refractivity contribution < 1.29 is 9.18 Å². The van der Waals surface area contributed by atoms with Crippen molar-refractivity contribution in [3.05, 3.63) is 71.3 Å². The summed E-state index contributed by atoms with van der Waals surface area (Å²) < 4.78 is 16.1. The highest BCUT2D eigenvalue weighted by Gasteiger charge is 2.09. The number of hydrogen-bond donors (Lipinski definition) is 0. The van der Waals surface area contributed by atoms with E-state index in [4.69, 9.17) is 0 Å². The van der Waals surface area contributed by atoms with Crippen LogP contribution in [0, 0.1) is 5.82 Å². The van der Waals surface area contributed by atoms with E-state index in [1.54, 1.807) is 36.0 Å². The second-order valence-corrected chi connectivity index (χ2v) is 6.93. The fraction of sp³-hybridized carbons (Fsp3) is 0.111. The molecule has 0 aliphatic carbocycles. The zero-order valence-electron chi connectivity index (χ0n) is 13.0. The predicted octanol–water partition coefficient (Wildman–Crippen LogP) is 4.49. The summed E-state index contributed by atoms with van der Waals surface area (Å²) in [7, 11) is 0. The predicted molar refractivity (Wildman–Crippen MR) is 98.1 cm³/mol. The van der Waals surface area contributed by atoms with Crippen LogP contribution in [-0.4, -0.2) is 16.7 Å². The minimum Gasteiger partial charge on any atom is -0.312 e. The summed E-state index contributed by atoms with van der Waals surface area (Å²) in [5.74, 6) is -0.618. The van der Waals surface area contributed by atoms with Crippen molar-refractivity contribution in [2.24, 2.45) is 4.99 Å². The van der Waals surface area contributed by atoms with E-state index in [0.717, 1.165) is 15.1 Å². The molecule has 0 aliphatic heterocycles. The van der Waals surface area contributed by atoms with Gasteiger partial charge in [-0.3, -0.25) is 4.79 Å². The lowest BCUT2D eigenvalue weighted by molar-refractivity contribution is 0.0998.